The molecule has 0 unspecified atom stereocenters. The van der Waals surface area contributed by atoms with Gasteiger partial charge in [0.05, 0.1) is 12.7 Å². The topological polar surface area (TPSA) is 73.6 Å². The van der Waals surface area contributed by atoms with Gasteiger partial charge in [0, 0.05) is 51.3 Å². The van der Waals surface area contributed by atoms with Gasteiger partial charge in [0.2, 0.25) is 5.91 Å². The maximum atomic E-state index is 11.8. The summed E-state index contributed by atoms with van der Waals surface area (Å²) in [6.45, 7) is 5.54. The molecule has 1 heterocycles. The Morgan fingerprint density at radius 1 is 1.26 bits per heavy atom. The number of esters is 1. The lowest BCUT2D eigenvalue weighted by molar-refractivity contribution is -0.137. The van der Waals surface area contributed by atoms with E-state index >= 15 is 0 Å². The van der Waals surface area contributed by atoms with Crippen molar-refractivity contribution in [3.63, 3.8) is 0 Å². The van der Waals surface area contributed by atoms with E-state index in [1.54, 1.807) is 11.8 Å². The molecule has 0 bridgehead atoms. The maximum Gasteiger partial charge on any atom is 0.330 e. The Bertz CT molecular complexity index is 379. The van der Waals surface area contributed by atoms with Crippen LogP contribution in [-0.2, 0) is 14.3 Å². The summed E-state index contributed by atoms with van der Waals surface area (Å²) in [5.41, 5.74) is 0. The highest BCUT2D eigenvalue weighted by Gasteiger charge is 2.19. The summed E-state index contributed by atoms with van der Waals surface area (Å²) in [6, 6.07) is 2.11. The number of carbonyl (C=O) groups excluding carboxylic acids is 2. The van der Waals surface area contributed by atoms with Gasteiger partial charge in [-0.3, -0.25) is 9.69 Å². The van der Waals surface area contributed by atoms with Crippen molar-refractivity contribution in [2.45, 2.75) is 13.3 Å². The third-order valence-corrected chi connectivity index (χ3v) is 2.87. The van der Waals surface area contributed by atoms with E-state index in [-0.39, 0.29) is 5.91 Å². The predicted octanol–water partition coefficient (Wildman–Crippen LogP) is 0.164. The quantitative estimate of drug-likeness (QED) is 0.523. The summed E-state index contributed by atoms with van der Waals surface area (Å²) in [5.74, 6) is -0.670. The molecule has 0 aromatic heterocycles. The number of hydrogen-bond donors (Lipinski definition) is 0. The molecule has 1 aliphatic rings. The molecule has 0 atom stereocenters. The molecule has 1 rings (SSSR count). The highest BCUT2D eigenvalue weighted by Crippen LogP contribution is 2.03. The van der Waals surface area contributed by atoms with Gasteiger partial charge < -0.3 is 9.64 Å². The monoisotopic (exact) mass is 265 g/mol. The smallest absolute Gasteiger partial charge is 0.330 e. The van der Waals surface area contributed by atoms with E-state index in [4.69, 9.17) is 10.00 Å². The van der Waals surface area contributed by atoms with Crippen LogP contribution in [0.4, 0.5) is 0 Å². The normalized spacial score (nSPS) is 16.3. The van der Waals surface area contributed by atoms with Crippen LogP contribution in [-0.4, -0.2) is 61.0 Å². The van der Waals surface area contributed by atoms with Gasteiger partial charge in [-0.1, -0.05) is 0 Å². The molecule has 1 saturated heterocycles. The van der Waals surface area contributed by atoms with E-state index in [9.17, 15) is 9.59 Å². The SMILES string of the molecule is CCOC(=O)/C=C/C(=O)N1CCN(CCC#N)CC1. The minimum Gasteiger partial charge on any atom is -0.463 e. The van der Waals surface area contributed by atoms with Gasteiger partial charge in [-0.2, -0.15) is 5.26 Å². The number of nitrogens with zero attached hydrogens (tertiary/aromatic N) is 3. The van der Waals surface area contributed by atoms with Gasteiger partial charge in [-0.25, -0.2) is 4.79 Å². The fourth-order valence-electron chi connectivity index (χ4n) is 1.84. The Kier molecular flexibility index (Phi) is 6.61. The third-order valence-electron chi connectivity index (χ3n) is 2.87. The van der Waals surface area contributed by atoms with Gasteiger partial charge in [0.1, 0.15) is 0 Å². The number of ether oxygens (including phenoxy) is 1. The van der Waals surface area contributed by atoms with E-state index < -0.39 is 5.97 Å². The first-order valence-electron chi connectivity index (χ1n) is 6.40. The first-order chi connectivity index (χ1) is 9.17. The van der Waals surface area contributed by atoms with Crippen LogP contribution in [0.1, 0.15) is 13.3 Å². The van der Waals surface area contributed by atoms with E-state index in [1.807, 2.05) is 0 Å². The zero-order valence-corrected chi connectivity index (χ0v) is 11.2. The van der Waals surface area contributed by atoms with Crippen LogP contribution in [0.5, 0.6) is 0 Å². The largest absolute Gasteiger partial charge is 0.463 e. The van der Waals surface area contributed by atoms with Crippen LogP contribution in [0.3, 0.4) is 0 Å². The molecular weight excluding hydrogens is 246 g/mol. The second-order valence-corrected chi connectivity index (χ2v) is 4.16. The highest BCUT2D eigenvalue weighted by molar-refractivity contribution is 5.94. The Morgan fingerprint density at radius 2 is 1.95 bits per heavy atom. The van der Waals surface area contributed by atoms with Crippen LogP contribution in [0, 0.1) is 11.3 Å². The van der Waals surface area contributed by atoms with Gasteiger partial charge in [0.15, 0.2) is 0 Å². The van der Waals surface area contributed by atoms with Crippen LogP contribution < -0.4 is 0 Å². The molecule has 19 heavy (non-hydrogen) atoms. The molecule has 0 saturated carbocycles. The number of rotatable bonds is 5. The minimum atomic E-state index is -0.497. The molecule has 0 aromatic rings. The van der Waals surface area contributed by atoms with Crippen LogP contribution in [0.2, 0.25) is 0 Å². The predicted molar refractivity (Wildman–Crippen MR) is 69.0 cm³/mol. The summed E-state index contributed by atoms with van der Waals surface area (Å²) in [6.07, 6.45) is 2.92. The van der Waals surface area contributed by atoms with E-state index in [2.05, 4.69) is 11.0 Å². The van der Waals surface area contributed by atoms with Crippen molar-refractivity contribution in [2.75, 3.05) is 39.3 Å². The van der Waals surface area contributed by atoms with Crippen molar-refractivity contribution in [2.24, 2.45) is 0 Å². The van der Waals surface area contributed by atoms with Crippen molar-refractivity contribution >= 4 is 11.9 Å². The molecule has 0 spiro atoms. The van der Waals surface area contributed by atoms with Crippen molar-refractivity contribution in [3.05, 3.63) is 12.2 Å². The lowest BCUT2D eigenvalue weighted by Gasteiger charge is -2.33. The molecule has 6 nitrogen and oxygen atoms in total. The van der Waals surface area contributed by atoms with E-state index in [0.29, 0.717) is 26.1 Å². The number of hydrogen-bond acceptors (Lipinski definition) is 5. The lowest BCUT2D eigenvalue weighted by Crippen LogP contribution is -2.48. The van der Waals surface area contributed by atoms with Crippen molar-refractivity contribution in [1.29, 1.82) is 5.26 Å². The summed E-state index contributed by atoms with van der Waals surface area (Å²) < 4.78 is 4.71. The summed E-state index contributed by atoms with van der Waals surface area (Å²) in [5, 5.41) is 8.51. The molecule has 0 N–H and O–H groups in total. The summed E-state index contributed by atoms with van der Waals surface area (Å²) >= 11 is 0. The fraction of sp³-hybridized carbons (Fsp3) is 0.615. The van der Waals surface area contributed by atoms with E-state index in [0.717, 1.165) is 25.7 Å². The Labute approximate surface area is 113 Å². The Hall–Kier alpha value is -1.87. The molecule has 6 heteroatoms. The second-order valence-electron chi connectivity index (χ2n) is 4.16. The number of carbonyl (C=O) groups is 2. The number of amides is 1. The zero-order valence-electron chi connectivity index (χ0n) is 11.2. The van der Waals surface area contributed by atoms with Crippen LogP contribution in [0.25, 0.3) is 0 Å². The Balaban J connectivity index is 2.33. The summed E-state index contributed by atoms with van der Waals surface area (Å²) in [4.78, 5) is 26.7. The Morgan fingerprint density at radius 3 is 2.53 bits per heavy atom. The number of nitriles is 1. The lowest BCUT2D eigenvalue weighted by atomic mass is 10.3. The van der Waals surface area contributed by atoms with Crippen LogP contribution >= 0.6 is 0 Å². The zero-order chi connectivity index (χ0) is 14.1. The number of piperazine rings is 1. The van der Waals surface area contributed by atoms with Crippen LogP contribution in [0.15, 0.2) is 12.2 Å². The molecule has 0 radical (unpaired) electrons. The van der Waals surface area contributed by atoms with Crippen molar-refractivity contribution in [1.82, 2.24) is 9.80 Å². The molecule has 1 fully saturated rings. The third kappa shape index (κ3) is 5.53. The maximum absolute atomic E-state index is 11.8. The first-order valence-corrected chi connectivity index (χ1v) is 6.40. The fourth-order valence-corrected chi connectivity index (χ4v) is 1.84. The second kappa shape index (κ2) is 8.27. The first kappa shape index (κ1) is 15.2. The molecular formula is C13H19N3O3. The standard InChI is InChI=1S/C13H19N3O3/c1-2-19-13(18)5-4-12(17)16-10-8-15(9-11-16)7-3-6-14/h4-5H,2-3,7-11H2,1H3/b5-4+. The average molecular weight is 265 g/mol. The van der Waals surface area contributed by atoms with Gasteiger partial charge >= 0.3 is 5.97 Å². The average Bonchev–Trinajstić information content (AvgIpc) is 2.43. The highest BCUT2D eigenvalue weighted by atomic mass is 16.5. The van der Waals surface area contributed by atoms with Gasteiger partial charge in [-0.15, -0.1) is 0 Å². The van der Waals surface area contributed by atoms with Gasteiger partial charge in [0.25, 0.3) is 0 Å². The molecule has 104 valence electrons. The van der Waals surface area contributed by atoms with Crippen molar-refractivity contribution in [3.8, 4) is 6.07 Å². The minimum absolute atomic E-state index is 0.173. The van der Waals surface area contributed by atoms with Gasteiger partial charge in [-0.05, 0) is 6.92 Å². The molecule has 0 aromatic carbocycles. The van der Waals surface area contributed by atoms with E-state index in [1.165, 1.54) is 6.08 Å². The van der Waals surface area contributed by atoms with Crippen molar-refractivity contribution < 1.29 is 14.3 Å². The molecule has 1 amide bonds. The summed E-state index contributed by atoms with van der Waals surface area (Å²) in [7, 11) is 0. The molecule has 0 aliphatic carbocycles. The molecule has 1 aliphatic heterocycles.